The molecule has 0 aromatic carbocycles. The summed E-state index contributed by atoms with van der Waals surface area (Å²) in [6, 6.07) is 1.78. The summed E-state index contributed by atoms with van der Waals surface area (Å²) in [6.07, 6.45) is 0.865. The lowest BCUT2D eigenvalue weighted by molar-refractivity contribution is 0.282. The van der Waals surface area contributed by atoms with Crippen LogP contribution >= 0.6 is 22.6 Å². The number of nitrogens with zero attached hydrogens (tertiary/aromatic N) is 1. The summed E-state index contributed by atoms with van der Waals surface area (Å²) in [4.78, 5) is 6.55. The summed E-state index contributed by atoms with van der Waals surface area (Å²) in [7, 11) is 0. The van der Waals surface area contributed by atoms with Crippen molar-refractivity contribution in [2.24, 2.45) is 10.7 Å². The molecule has 0 saturated heterocycles. The first-order valence-electron chi connectivity index (χ1n) is 4.50. The highest BCUT2D eigenvalue weighted by Gasteiger charge is 2.08. The van der Waals surface area contributed by atoms with E-state index in [9.17, 15) is 0 Å². The van der Waals surface area contributed by atoms with Crippen LogP contribution in [-0.4, -0.2) is 22.3 Å². The number of nitrogens with one attached hydrogen (secondary N) is 2. The summed E-state index contributed by atoms with van der Waals surface area (Å²) in [5, 5.41) is 15.7. The molecule has 1 aromatic heterocycles. The van der Waals surface area contributed by atoms with Crippen LogP contribution in [0.2, 0.25) is 0 Å². The number of aromatic amines is 1. The van der Waals surface area contributed by atoms with Crippen molar-refractivity contribution < 1.29 is 5.11 Å². The van der Waals surface area contributed by atoms with Crippen LogP contribution in [0.5, 0.6) is 0 Å². The largest absolute Gasteiger partial charge is 0.392 e. The number of aliphatic hydroxyl groups is 1. The number of H-pyrrole nitrogens is 1. The third kappa shape index (κ3) is 4.00. The molecular weight excluding hydrogens is 307 g/mol. The normalized spacial score (nSPS) is 10.5. The van der Waals surface area contributed by atoms with E-state index in [1.807, 2.05) is 13.8 Å². The molecule has 5 nitrogen and oxygen atoms in total. The van der Waals surface area contributed by atoms with E-state index >= 15 is 0 Å². The molecule has 1 rings (SSSR count). The Hall–Kier alpha value is -0.890. The average Bonchev–Trinajstić information content (AvgIpc) is 2.63. The Morgan fingerprint density at radius 1 is 1.73 bits per heavy atom. The van der Waals surface area contributed by atoms with Gasteiger partial charge < -0.3 is 15.8 Å². The molecule has 0 aliphatic rings. The number of halogens is 1. The Balaban J connectivity index is 0.000000921. The van der Waals surface area contributed by atoms with Gasteiger partial charge in [-0.25, -0.2) is 4.99 Å². The Morgan fingerprint density at radius 2 is 2.33 bits per heavy atom. The maximum atomic E-state index is 8.96. The topological polar surface area (TPSA) is 98.3 Å². The highest BCUT2D eigenvalue weighted by Crippen LogP contribution is 2.12. The molecule has 0 amide bonds. The zero-order valence-corrected chi connectivity index (χ0v) is 10.9. The maximum Gasteiger partial charge on any atom is 0.149 e. The van der Waals surface area contributed by atoms with Crippen molar-refractivity contribution in [2.75, 3.05) is 0 Å². The van der Waals surface area contributed by atoms with Crippen LogP contribution in [-0.2, 0) is 6.61 Å². The van der Waals surface area contributed by atoms with Gasteiger partial charge in [-0.05, 0) is 28.7 Å². The second kappa shape index (κ2) is 7.41. The average molecular weight is 322 g/mol. The summed E-state index contributed by atoms with van der Waals surface area (Å²) < 4.78 is 0.875. The molecular formula is C9H15IN4O. The molecule has 0 radical (unpaired) electrons. The van der Waals surface area contributed by atoms with E-state index in [-0.39, 0.29) is 12.4 Å². The molecule has 0 aliphatic carbocycles. The molecule has 0 atom stereocenters. The van der Waals surface area contributed by atoms with Gasteiger partial charge in [-0.2, -0.15) is 0 Å². The van der Waals surface area contributed by atoms with Crippen LogP contribution in [0.1, 0.15) is 25.1 Å². The number of nitrogens with two attached hydrogens (primary N) is 1. The van der Waals surface area contributed by atoms with E-state index in [2.05, 4.69) is 32.6 Å². The fourth-order valence-corrected chi connectivity index (χ4v) is 1.59. The highest BCUT2D eigenvalue weighted by atomic mass is 127. The Bertz CT molecular complexity index is 346. The molecule has 1 aromatic rings. The van der Waals surface area contributed by atoms with E-state index < -0.39 is 0 Å². The molecule has 1 heterocycles. The lowest BCUT2D eigenvalue weighted by atomic mass is 10.2. The summed E-state index contributed by atoms with van der Waals surface area (Å²) in [5.74, 6) is 0.210. The minimum atomic E-state index is -0.0942. The molecule has 84 valence electrons. The van der Waals surface area contributed by atoms with Crippen LogP contribution in [0.25, 0.3) is 0 Å². The van der Waals surface area contributed by atoms with Gasteiger partial charge in [0.15, 0.2) is 0 Å². The Kier molecular flexibility index (Phi) is 6.97. The molecule has 0 bridgehead atoms. The van der Waals surface area contributed by atoms with Gasteiger partial charge in [0.25, 0.3) is 0 Å². The molecule has 5 N–H and O–H groups in total. The van der Waals surface area contributed by atoms with Gasteiger partial charge in [0.1, 0.15) is 12.2 Å². The molecule has 6 heteroatoms. The minimum Gasteiger partial charge on any atom is -0.392 e. The first-order chi connectivity index (χ1) is 7.19. The predicted octanol–water partition coefficient (Wildman–Crippen LogP) is 1.45. The number of hydrogen-bond acceptors (Lipinski definition) is 2. The van der Waals surface area contributed by atoms with Crippen molar-refractivity contribution in [3.63, 3.8) is 0 Å². The third-order valence-corrected chi connectivity index (χ3v) is 2.08. The first kappa shape index (κ1) is 14.1. The number of aliphatic imine (C=N–C) groups is 1. The molecule has 15 heavy (non-hydrogen) atoms. The van der Waals surface area contributed by atoms with Gasteiger partial charge in [-0.1, -0.05) is 13.8 Å². The third-order valence-electron chi connectivity index (χ3n) is 1.50. The van der Waals surface area contributed by atoms with Crippen LogP contribution < -0.4 is 5.73 Å². The van der Waals surface area contributed by atoms with Crippen LogP contribution in [0, 0.1) is 9.11 Å². The second-order valence-corrected chi connectivity index (χ2v) is 3.48. The van der Waals surface area contributed by atoms with E-state index in [0.29, 0.717) is 11.3 Å². The van der Waals surface area contributed by atoms with E-state index in [1.165, 1.54) is 0 Å². The summed E-state index contributed by atoms with van der Waals surface area (Å²) >= 11 is 2.08. The standard InChI is InChI=1S/C7H9IN4O.C2H6/c8-5-1-4(2-13)6(12-5)7(10)11-3-9;1-2/h1,3,12-13H,2H2,(H3,9,10,11);1-2H3. The Morgan fingerprint density at radius 3 is 2.80 bits per heavy atom. The zero-order valence-electron chi connectivity index (χ0n) is 8.71. The molecule has 0 fully saturated rings. The molecule has 0 aliphatic heterocycles. The molecule has 0 saturated carbocycles. The van der Waals surface area contributed by atoms with E-state index in [0.717, 1.165) is 10.0 Å². The Labute approximate surface area is 102 Å². The summed E-state index contributed by atoms with van der Waals surface area (Å²) in [6.45, 7) is 3.91. The van der Waals surface area contributed by atoms with Gasteiger partial charge in [0.2, 0.25) is 0 Å². The van der Waals surface area contributed by atoms with E-state index in [4.69, 9.17) is 16.2 Å². The van der Waals surface area contributed by atoms with Crippen molar-refractivity contribution in [1.82, 2.24) is 4.98 Å². The van der Waals surface area contributed by atoms with E-state index in [1.54, 1.807) is 6.07 Å². The van der Waals surface area contributed by atoms with Gasteiger partial charge in [-0.15, -0.1) is 0 Å². The second-order valence-electron chi connectivity index (χ2n) is 2.32. The van der Waals surface area contributed by atoms with Crippen LogP contribution in [0.4, 0.5) is 0 Å². The van der Waals surface area contributed by atoms with Gasteiger partial charge in [0.05, 0.1) is 16.0 Å². The number of aliphatic hydroxyl groups excluding tert-OH is 1. The SMILES string of the molecule is CC.N=CN=C(N)c1[nH]c(I)cc1CO. The fourth-order valence-electron chi connectivity index (χ4n) is 0.948. The van der Waals surface area contributed by atoms with Crippen molar-refractivity contribution in [3.8, 4) is 0 Å². The first-order valence-corrected chi connectivity index (χ1v) is 5.57. The van der Waals surface area contributed by atoms with Crippen molar-refractivity contribution in [1.29, 1.82) is 5.41 Å². The predicted molar refractivity (Wildman–Crippen MR) is 70.3 cm³/mol. The number of amidine groups is 1. The summed E-state index contributed by atoms with van der Waals surface area (Å²) in [5.41, 5.74) is 6.81. The van der Waals surface area contributed by atoms with Gasteiger partial charge in [0, 0.05) is 5.56 Å². The fraction of sp³-hybridized carbons (Fsp3) is 0.333. The van der Waals surface area contributed by atoms with Crippen molar-refractivity contribution in [2.45, 2.75) is 20.5 Å². The molecule has 0 unspecified atom stereocenters. The van der Waals surface area contributed by atoms with Gasteiger partial charge in [-0.3, -0.25) is 5.41 Å². The maximum absolute atomic E-state index is 8.96. The quantitative estimate of drug-likeness (QED) is 0.385. The lowest BCUT2D eigenvalue weighted by Gasteiger charge is -1.98. The highest BCUT2D eigenvalue weighted by molar-refractivity contribution is 14.1. The lowest BCUT2D eigenvalue weighted by Crippen LogP contribution is -2.16. The van der Waals surface area contributed by atoms with Crippen molar-refractivity contribution in [3.05, 3.63) is 21.0 Å². The van der Waals surface area contributed by atoms with Crippen LogP contribution in [0.3, 0.4) is 0 Å². The van der Waals surface area contributed by atoms with Gasteiger partial charge >= 0.3 is 0 Å². The van der Waals surface area contributed by atoms with Crippen molar-refractivity contribution >= 4 is 34.8 Å². The molecule has 0 spiro atoms. The zero-order chi connectivity index (χ0) is 11.8. The van der Waals surface area contributed by atoms with Crippen LogP contribution in [0.15, 0.2) is 11.1 Å². The monoisotopic (exact) mass is 322 g/mol. The number of aromatic nitrogens is 1. The smallest absolute Gasteiger partial charge is 0.149 e. The number of hydrogen-bond donors (Lipinski definition) is 4. The minimum absolute atomic E-state index is 0.0942. The number of rotatable bonds is 3.